The molecular weight excluding hydrogens is 516 g/mol. The van der Waals surface area contributed by atoms with Crippen molar-refractivity contribution in [3.8, 4) is 11.4 Å². The van der Waals surface area contributed by atoms with Crippen molar-refractivity contribution in [3.63, 3.8) is 0 Å². The second-order valence-corrected chi connectivity index (χ2v) is 9.21. The van der Waals surface area contributed by atoms with E-state index in [1.807, 2.05) is 0 Å². The van der Waals surface area contributed by atoms with Gasteiger partial charge in [-0.25, -0.2) is 27.8 Å². The number of aromatic nitrogens is 4. The quantitative estimate of drug-likeness (QED) is 0.323. The summed E-state index contributed by atoms with van der Waals surface area (Å²) in [5, 5.41) is 6.98. The Kier molecular flexibility index (Phi) is 6.01. The molecule has 1 N–H and O–H groups in total. The maximum absolute atomic E-state index is 14.4. The third-order valence-corrected chi connectivity index (χ3v) is 6.51. The van der Waals surface area contributed by atoms with E-state index in [2.05, 4.69) is 20.4 Å². The van der Waals surface area contributed by atoms with Crippen molar-refractivity contribution in [2.24, 2.45) is 0 Å². The van der Waals surface area contributed by atoms with Gasteiger partial charge in [0.05, 0.1) is 30.8 Å². The molecule has 0 spiro atoms. The molecule has 2 unspecified atom stereocenters. The Hall–Kier alpha value is -3.87. The van der Waals surface area contributed by atoms with Gasteiger partial charge in [-0.05, 0) is 44.2 Å². The molecular formula is C25H21F6N5O2. The van der Waals surface area contributed by atoms with Crippen molar-refractivity contribution < 1.29 is 35.8 Å². The van der Waals surface area contributed by atoms with Crippen LogP contribution in [-0.2, 0) is 10.3 Å². The van der Waals surface area contributed by atoms with Gasteiger partial charge in [-0.2, -0.15) is 18.3 Å². The number of benzene rings is 2. The van der Waals surface area contributed by atoms with Crippen molar-refractivity contribution >= 4 is 16.9 Å². The number of halogens is 6. The number of ether oxygens (including phenoxy) is 2. The zero-order valence-electron chi connectivity index (χ0n) is 20.3. The lowest BCUT2D eigenvalue weighted by molar-refractivity contribution is -0.380. The van der Waals surface area contributed by atoms with Crippen LogP contribution in [0.3, 0.4) is 0 Å². The molecule has 200 valence electrons. The minimum Gasteiger partial charge on any atom is -0.496 e. The molecule has 1 saturated heterocycles. The molecule has 0 amide bonds. The summed E-state index contributed by atoms with van der Waals surface area (Å²) >= 11 is 0. The first-order chi connectivity index (χ1) is 17.9. The van der Waals surface area contributed by atoms with Gasteiger partial charge in [0, 0.05) is 18.1 Å². The van der Waals surface area contributed by atoms with E-state index in [4.69, 9.17) is 9.47 Å². The number of fused-ring (bicyclic) bond motifs is 1. The SMILES string of the molecule is COc1ccc(F)cc1C1(C)CC(CNc2nc(C)nc3c2cnn3-c2ccc(F)cc2F)(C(F)(F)F)O1. The largest absolute Gasteiger partial charge is 0.496 e. The van der Waals surface area contributed by atoms with E-state index in [0.29, 0.717) is 6.07 Å². The summed E-state index contributed by atoms with van der Waals surface area (Å²) in [5.41, 5.74) is -3.92. The topological polar surface area (TPSA) is 74.1 Å². The third-order valence-electron chi connectivity index (χ3n) is 6.51. The summed E-state index contributed by atoms with van der Waals surface area (Å²) in [5.74, 6) is -1.92. The first kappa shape index (κ1) is 25.8. The van der Waals surface area contributed by atoms with Gasteiger partial charge in [0.2, 0.25) is 0 Å². The summed E-state index contributed by atoms with van der Waals surface area (Å²) in [7, 11) is 1.33. The van der Waals surface area contributed by atoms with Crippen LogP contribution < -0.4 is 10.1 Å². The van der Waals surface area contributed by atoms with E-state index in [1.165, 1.54) is 39.3 Å². The Morgan fingerprint density at radius 2 is 1.76 bits per heavy atom. The molecule has 0 radical (unpaired) electrons. The molecule has 1 aliphatic rings. The number of alkyl halides is 3. The van der Waals surface area contributed by atoms with E-state index >= 15 is 0 Å². The molecule has 3 heterocycles. The molecule has 7 nitrogen and oxygen atoms in total. The van der Waals surface area contributed by atoms with Crippen molar-refractivity contribution in [3.05, 3.63) is 71.4 Å². The van der Waals surface area contributed by atoms with Gasteiger partial charge in [-0.1, -0.05) is 0 Å². The summed E-state index contributed by atoms with van der Waals surface area (Å²) in [6.45, 7) is 2.21. The van der Waals surface area contributed by atoms with Gasteiger partial charge in [-0.3, -0.25) is 0 Å². The fraction of sp³-hybridized carbons (Fsp3) is 0.320. The molecule has 2 aromatic heterocycles. The molecule has 0 saturated carbocycles. The summed E-state index contributed by atoms with van der Waals surface area (Å²) in [6.07, 6.45) is -4.05. The van der Waals surface area contributed by atoms with Crippen LogP contribution in [0.2, 0.25) is 0 Å². The molecule has 4 aromatic rings. The van der Waals surface area contributed by atoms with Crippen LogP contribution >= 0.6 is 0 Å². The lowest BCUT2D eigenvalue weighted by Gasteiger charge is -2.55. The minimum absolute atomic E-state index is 0.0189. The van der Waals surface area contributed by atoms with Crippen molar-refractivity contribution in [1.82, 2.24) is 19.7 Å². The van der Waals surface area contributed by atoms with Crippen molar-refractivity contribution in [2.45, 2.75) is 37.6 Å². The monoisotopic (exact) mass is 537 g/mol. The molecule has 0 aliphatic carbocycles. The first-order valence-electron chi connectivity index (χ1n) is 11.4. The molecule has 1 fully saturated rings. The third kappa shape index (κ3) is 4.20. The number of anilines is 1. The summed E-state index contributed by atoms with van der Waals surface area (Å²) in [6, 6.07) is 6.46. The summed E-state index contributed by atoms with van der Waals surface area (Å²) < 4.78 is 96.4. The average molecular weight is 537 g/mol. The van der Waals surface area contributed by atoms with E-state index in [9.17, 15) is 26.3 Å². The fourth-order valence-corrected chi connectivity index (χ4v) is 4.78. The van der Waals surface area contributed by atoms with Gasteiger partial charge >= 0.3 is 6.18 Å². The predicted molar refractivity (Wildman–Crippen MR) is 125 cm³/mol. The lowest BCUT2D eigenvalue weighted by Crippen LogP contribution is -2.67. The molecule has 38 heavy (non-hydrogen) atoms. The zero-order valence-corrected chi connectivity index (χ0v) is 20.3. The number of aryl methyl sites for hydroxylation is 1. The highest BCUT2D eigenvalue weighted by Gasteiger charge is 2.68. The molecule has 13 heteroatoms. The molecule has 0 bridgehead atoms. The minimum atomic E-state index is -4.79. The number of nitrogens with zero attached hydrogens (tertiary/aromatic N) is 4. The van der Waals surface area contributed by atoms with Gasteiger partial charge in [0.15, 0.2) is 17.1 Å². The Balaban J connectivity index is 1.46. The standard InChI is InChI=1S/C25H21F6N5O2/c1-13-34-21(16-10-33-36(22(16)35-13)19-6-4-15(27)9-18(19)28)32-12-24(25(29,30)31)11-23(2,38-24)17-8-14(26)5-7-20(17)37-3/h4-10H,11-12H2,1-3H3,(H,32,34,35). The van der Waals surface area contributed by atoms with E-state index in [1.54, 1.807) is 0 Å². The molecule has 2 atom stereocenters. The van der Waals surface area contributed by atoms with Crippen molar-refractivity contribution in [2.75, 3.05) is 19.0 Å². The Bertz CT molecular complexity index is 1530. The van der Waals surface area contributed by atoms with Crippen LogP contribution in [0.4, 0.5) is 32.2 Å². The highest BCUT2D eigenvalue weighted by Crippen LogP contribution is 2.57. The van der Waals surface area contributed by atoms with Crippen LogP contribution in [0.25, 0.3) is 16.7 Å². The number of hydrogen-bond acceptors (Lipinski definition) is 6. The highest BCUT2D eigenvalue weighted by atomic mass is 19.4. The number of nitrogens with one attached hydrogen (secondary N) is 1. The van der Waals surface area contributed by atoms with E-state index in [-0.39, 0.29) is 39.7 Å². The smallest absolute Gasteiger partial charge is 0.419 e. The Morgan fingerprint density at radius 3 is 2.42 bits per heavy atom. The maximum atomic E-state index is 14.4. The van der Waals surface area contributed by atoms with Crippen LogP contribution in [0.5, 0.6) is 5.75 Å². The van der Waals surface area contributed by atoms with Gasteiger partial charge in [0.25, 0.3) is 0 Å². The average Bonchev–Trinajstić information content (AvgIpc) is 3.23. The molecule has 5 rings (SSSR count). The van der Waals surface area contributed by atoms with Crippen LogP contribution in [0.15, 0.2) is 42.6 Å². The van der Waals surface area contributed by atoms with Crippen molar-refractivity contribution in [1.29, 1.82) is 0 Å². The van der Waals surface area contributed by atoms with Gasteiger partial charge < -0.3 is 14.8 Å². The number of rotatable bonds is 6. The van der Waals surface area contributed by atoms with E-state index < -0.39 is 47.8 Å². The predicted octanol–water partition coefficient (Wildman–Crippen LogP) is 5.60. The highest BCUT2D eigenvalue weighted by molar-refractivity contribution is 5.87. The second kappa shape index (κ2) is 8.86. The Morgan fingerprint density at radius 1 is 1.08 bits per heavy atom. The Labute approximate surface area is 212 Å². The number of hydrogen-bond donors (Lipinski definition) is 1. The first-order valence-corrected chi connectivity index (χ1v) is 11.4. The van der Waals surface area contributed by atoms with Crippen LogP contribution in [0.1, 0.15) is 24.7 Å². The molecule has 2 aromatic carbocycles. The zero-order chi connectivity index (χ0) is 27.5. The maximum Gasteiger partial charge on any atom is 0.419 e. The fourth-order valence-electron chi connectivity index (χ4n) is 4.78. The molecule has 1 aliphatic heterocycles. The summed E-state index contributed by atoms with van der Waals surface area (Å²) in [4.78, 5) is 8.44. The van der Waals surface area contributed by atoms with Gasteiger partial charge in [0.1, 0.15) is 34.7 Å². The lowest BCUT2D eigenvalue weighted by atomic mass is 9.75. The second-order valence-electron chi connectivity index (χ2n) is 9.21. The van der Waals surface area contributed by atoms with Gasteiger partial charge in [-0.15, -0.1) is 0 Å². The normalized spacial score (nSPS) is 21.4. The number of methoxy groups -OCH3 is 1. The van der Waals surface area contributed by atoms with E-state index in [0.717, 1.165) is 22.9 Å². The van der Waals surface area contributed by atoms with Crippen LogP contribution in [-0.4, -0.2) is 45.2 Å². The van der Waals surface area contributed by atoms with Crippen LogP contribution in [0, 0.1) is 24.4 Å².